The number of aryl methyl sites for hydroxylation is 1. The summed E-state index contributed by atoms with van der Waals surface area (Å²) in [5.41, 5.74) is 1.47. The summed E-state index contributed by atoms with van der Waals surface area (Å²) in [6.07, 6.45) is 1.39. The lowest BCUT2D eigenvalue weighted by atomic mass is 10.2. The maximum Gasteiger partial charge on any atom is 0.317 e. The maximum atomic E-state index is 11.7. The highest BCUT2D eigenvalue weighted by molar-refractivity contribution is 6.02. The minimum Gasteiger partial charge on any atom is -0.459 e. The van der Waals surface area contributed by atoms with Crippen LogP contribution in [0.1, 0.15) is 16.1 Å². The zero-order valence-electron chi connectivity index (χ0n) is 8.75. The van der Waals surface area contributed by atoms with E-state index in [0.717, 1.165) is 5.56 Å². The van der Waals surface area contributed by atoms with Crippen LogP contribution in [0.5, 0.6) is 0 Å². The van der Waals surface area contributed by atoms with Crippen LogP contribution in [0.3, 0.4) is 0 Å². The van der Waals surface area contributed by atoms with E-state index in [0.29, 0.717) is 10.8 Å². The van der Waals surface area contributed by atoms with E-state index in [2.05, 4.69) is 0 Å². The highest BCUT2D eigenvalue weighted by atomic mass is 16.5. The number of benzene rings is 1. The Morgan fingerprint density at radius 3 is 2.50 bits per heavy atom. The largest absolute Gasteiger partial charge is 0.459 e. The predicted molar refractivity (Wildman–Crippen MR) is 58.5 cm³/mol. The molecule has 1 N–H and O–H groups in total. The van der Waals surface area contributed by atoms with Crippen molar-refractivity contribution in [2.45, 2.75) is 6.92 Å². The summed E-state index contributed by atoms with van der Waals surface area (Å²) in [5.74, 6) is -0.489. The average Bonchev–Trinajstić information content (AvgIpc) is 2.81. The number of hydroxylamine groups is 1. The lowest BCUT2D eigenvalue weighted by Gasteiger charge is -2.13. The number of hydrogen-bond donors (Lipinski definition) is 1. The van der Waals surface area contributed by atoms with Crippen LogP contribution >= 0.6 is 0 Å². The van der Waals surface area contributed by atoms with Crippen LogP contribution in [0, 0.1) is 6.92 Å². The molecule has 1 aromatic heterocycles. The van der Waals surface area contributed by atoms with E-state index in [4.69, 9.17) is 4.42 Å². The molecular weight excluding hydrogens is 206 g/mol. The Labute approximate surface area is 92.7 Å². The van der Waals surface area contributed by atoms with Crippen LogP contribution in [0.15, 0.2) is 47.1 Å². The summed E-state index contributed by atoms with van der Waals surface area (Å²) >= 11 is 0. The molecule has 0 bridgehead atoms. The molecule has 0 aliphatic rings. The summed E-state index contributed by atoms with van der Waals surface area (Å²) < 4.78 is 4.91. The molecule has 1 aromatic carbocycles. The average molecular weight is 217 g/mol. The number of amides is 1. The molecule has 4 heteroatoms. The fourth-order valence-electron chi connectivity index (χ4n) is 1.31. The third kappa shape index (κ3) is 1.97. The van der Waals surface area contributed by atoms with E-state index < -0.39 is 5.91 Å². The highest BCUT2D eigenvalue weighted by Crippen LogP contribution is 2.16. The van der Waals surface area contributed by atoms with Crippen LogP contribution in [0.2, 0.25) is 0 Å². The molecule has 16 heavy (non-hydrogen) atoms. The molecule has 0 atom stereocenters. The van der Waals surface area contributed by atoms with Crippen molar-refractivity contribution in [1.82, 2.24) is 0 Å². The summed E-state index contributed by atoms with van der Waals surface area (Å²) in [4.78, 5) is 11.7. The summed E-state index contributed by atoms with van der Waals surface area (Å²) in [5, 5.41) is 10.2. The third-order valence-corrected chi connectivity index (χ3v) is 2.20. The Bertz CT molecular complexity index is 473. The van der Waals surface area contributed by atoms with Crippen molar-refractivity contribution in [3.8, 4) is 0 Å². The first-order valence-electron chi connectivity index (χ1n) is 4.82. The van der Waals surface area contributed by atoms with Crippen LogP contribution < -0.4 is 5.06 Å². The molecule has 0 unspecified atom stereocenters. The monoisotopic (exact) mass is 217 g/mol. The molecule has 2 aromatic rings. The molecule has 0 spiro atoms. The van der Waals surface area contributed by atoms with Gasteiger partial charge in [0.2, 0.25) is 0 Å². The van der Waals surface area contributed by atoms with Crippen molar-refractivity contribution in [2.75, 3.05) is 5.06 Å². The zero-order chi connectivity index (χ0) is 11.5. The van der Waals surface area contributed by atoms with Crippen molar-refractivity contribution in [1.29, 1.82) is 0 Å². The fraction of sp³-hybridized carbons (Fsp3) is 0.0833. The van der Waals surface area contributed by atoms with Gasteiger partial charge in [0, 0.05) is 0 Å². The Balaban J connectivity index is 2.22. The molecule has 0 aliphatic carbocycles. The SMILES string of the molecule is Cc1ccc(N(O)C(=O)c2ccco2)cc1. The van der Waals surface area contributed by atoms with Gasteiger partial charge in [0.05, 0.1) is 12.0 Å². The van der Waals surface area contributed by atoms with Crippen molar-refractivity contribution in [2.24, 2.45) is 0 Å². The van der Waals surface area contributed by atoms with E-state index in [-0.39, 0.29) is 5.76 Å². The quantitative estimate of drug-likeness (QED) is 0.621. The summed E-state index contributed by atoms with van der Waals surface area (Å²) in [6, 6.07) is 10.0. The topological polar surface area (TPSA) is 53.7 Å². The van der Waals surface area contributed by atoms with Gasteiger partial charge in [-0.1, -0.05) is 17.7 Å². The molecule has 0 radical (unpaired) electrons. The normalized spacial score (nSPS) is 10.1. The van der Waals surface area contributed by atoms with Gasteiger partial charge in [0.25, 0.3) is 0 Å². The van der Waals surface area contributed by atoms with Crippen molar-refractivity contribution in [3.63, 3.8) is 0 Å². The zero-order valence-corrected chi connectivity index (χ0v) is 8.75. The molecule has 1 heterocycles. The number of anilines is 1. The standard InChI is InChI=1S/C12H11NO3/c1-9-4-6-10(7-5-9)13(15)12(14)11-3-2-8-16-11/h2-8,15H,1H3. The maximum absolute atomic E-state index is 11.7. The number of furan rings is 1. The highest BCUT2D eigenvalue weighted by Gasteiger charge is 2.17. The second-order valence-electron chi connectivity index (χ2n) is 3.43. The molecular formula is C12H11NO3. The number of hydrogen-bond acceptors (Lipinski definition) is 3. The van der Waals surface area contributed by atoms with Gasteiger partial charge in [0.15, 0.2) is 5.76 Å². The second kappa shape index (κ2) is 4.20. The lowest BCUT2D eigenvalue weighted by molar-refractivity contribution is 0.0826. The Kier molecular flexibility index (Phi) is 2.74. The van der Waals surface area contributed by atoms with Gasteiger partial charge in [-0.05, 0) is 31.2 Å². The van der Waals surface area contributed by atoms with E-state index in [9.17, 15) is 10.0 Å². The predicted octanol–water partition coefficient (Wildman–Crippen LogP) is 2.62. The summed E-state index contributed by atoms with van der Waals surface area (Å²) in [7, 11) is 0. The molecule has 0 saturated heterocycles. The van der Waals surface area contributed by atoms with Gasteiger partial charge in [-0.3, -0.25) is 10.0 Å². The molecule has 82 valence electrons. The first-order chi connectivity index (χ1) is 7.68. The Hall–Kier alpha value is -2.07. The minimum absolute atomic E-state index is 0.100. The minimum atomic E-state index is -0.589. The van der Waals surface area contributed by atoms with Gasteiger partial charge >= 0.3 is 5.91 Å². The molecule has 0 saturated carbocycles. The van der Waals surface area contributed by atoms with Gasteiger partial charge < -0.3 is 4.42 Å². The van der Waals surface area contributed by atoms with Gasteiger partial charge in [-0.25, -0.2) is 0 Å². The van der Waals surface area contributed by atoms with Crippen LogP contribution in [0.25, 0.3) is 0 Å². The third-order valence-electron chi connectivity index (χ3n) is 2.20. The van der Waals surface area contributed by atoms with Crippen molar-refractivity contribution < 1.29 is 14.4 Å². The van der Waals surface area contributed by atoms with E-state index >= 15 is 0 Å². The van der Waals surface area contributed by atoms with E-state index in [1.165, 1.54) is 12.3 Å². The van der Waals surface area contributed by atoms with Crippen LogP contribution in [-0.2, 0) is 0 Å². The molecule has 1 amide bonds. The number of rotatable bonds is 2. The first-order valence-corrected chi connectivity index (χ1v) is 4.82. The van der Waals surface area contributed by atoms with Gasteiger partial charge in [-0.2, -0.15) is 5.06 Å². The smallest absolute Gasteiger partial charge is 0.317 e. The number of nitrogens with zero attached hydrogens (tertiary/aromatic N) is 1. The fourth-order valence-corrected chi connectivity index (χ4v) is 1.31. The molecule has 2 rings (SSSR count). The van der Waals surface area contributed by atoms with Crippen molar-refractivity contribution >= 4 is 11.6 Å². The molecule has 4 nitrogen and oxygen atoms in total. The van der Waals surface area contributed by atoms with E-state index in [1.54, 1.807) is 18.2 Å². The van der Waals surface area contributed by atoms with Gasteiger partial charge in [-0.15, -0.1) is 0 Å². The Morgan fingerprint density at radius 2 is 1.94 bits per heavy atom. The van der Waals surface area contributed by atoms with Crippen LogP contribution in [0.4, 0.5) is 5.69 Å². The number of carbonyl (C=O) groups is 1. The first kappa shape index (κ1) is 10.4. The summed E-state index contributed by atoms with van der Waals surface area (Å²) in [6.45, 7) is 1.93. The van der Waals surface area contributed by atoms with Crippen LogP contribution in [-0.4, -0.2) is 11.1 Å². The number of carbonyl (C=O) groups excluding carboxylic acids is 1. The second-order valence-corrected chi connectivity index (χ2v) is 3.43. The van der Waals surface area contributed by atoms with Gasteiger partial charge in [0.1, 0.15) is 0 Å². The lowest BCUT2D eigenvalue weighted by Crippen LogP contribution is -2.26. The molecule has 0 fully saturated rings. The Morgan fingerprint density at radius 1 is 1.25 bits per heavy atom. The van der Waals surface area contributed by atoms with Crippen molar-refractivity contribution in [3.05, 3.63) is 54.0 Å². The van der Waals surface area contributed by atoms with E-state index in [1.807, 2.05) is 19.1 Å². The molecule has 0 aliphatic heterocycles.